The normalized spacial score (nSPS) is 45.4. The Balaban J connectivity index is 1.61. The fourth-order valence-corrected chi connectivity index (χ4v) is 4.51. The zero-order chi connectivity index (χ0) is 12.0. The smallest absolute Gasteiger partial charge is 0.0631 e. The molecule has 0 amide bonds. The van der Waals surface area contributed by atoms with Crippen LogP contribution in [0.2, 0.25) is 0 Å². The second-order valence-electron chi connectivity index (χ2n) is 7.37. The molecule has 2 aliphatic carbocycles. The number of hydrogen-bond donors (Lipinski definition) is 1. The lowest BCUT2D eigenvalue weighted by molar-refractivity contribution is -0.0455. The van der Waals surface area contributed by atoms with E-state index in [9.17, 15) is 5.11 Å². The summed E-state index contributed by atoms with van der Waals surface area (Å²) < 4.78 is 0. The molecule has 0 aromatic heterocycles. The van der Waals surface area contributed by atoms with Crippen molar-refractivity contribution in [3.63, 3.8) is 0 Å². The summed E-state index contributed by atoms with van der Waals surface area (Å²) in [6, 6.07) is 0.859. The summed E-state index contributed by atoms with van der Waals surface area (Å²) in [4.78, 5) is 2.68. The van der Waals surface area contributed by atoms with Gasteiger partial charge in [0.15, 0.2) is 0 Å². The van der Waals surface area contributed by atoms with Crippen molar-refractivity contribution in [1.29, 1.82) is 0 Å². The molecule has 4 atom stereocenters. The van der Waals surface area contributed by atoms with Crippen LogP contribution in [0.3, 0.4) is 0 Å². The van der Waals surface area contributed by atoms with Crippen molar-refractivity contribution in [3.8, 4) is 0 Å². The lowest BCUT2D eigenvalue weighted by Gasteiger charge is -2.43. The molecular weight excluding hydrogens is 210 g/mol. The van der Waals surface area contributed by atoms with E-state index < -0.39 is 0 Å². The molecule has 3 fully saturated rings. The first-order valence-corrected chi connectivity index (χ1v) is 7.48. The van der Waals surface area contributed by atoms with Gasteiger partial charge in [-0.2, -0.15) is 0 Å². The molecule has 3 aliphatic rings. The van der Waals surface area contributed by atoms with Gasteiger partial charge in [-0.25, -0.2) is 0 Å². The van der Waals surface area contributed by atoms with Crippen molar-refractivity contribution in [2.45, 2.75) is 64.5 Å². The number of nitrogens with zero attached hydrogens (tertiary/aromatic N) is 1. The molecule has 2 bridgehead atoms. The Hall–Kier alpha value is -0.0800. The molecule has 1 heterocycles. The molecule has 0 spiro atoms. The molecule has 1 saturated heterocycles. The Morgan fingerprint density at radius 3 is 2.71 bits per heavy atom. The summed E-state index contributed by atoms with van der Waals surface area (Å²) >= 11 is 0. The molecule has 2 saturated carbocycles. The Morgan fingerprint density at radius 2 is 2.06 bits per heavy atom. The topological polar surface area (TPSA) is 23.5 Å². The van der Waals surface area contributed by atoms with Crippen molar-refractivity contribution in [3.05, 3.63) is 0 Å². The summed E-state index contributed by atoms with van der Waals surface area (Å²) in [7, 11) is 0. The zero-order valence-corrected chi connectivity index (χ0v) is 11.4. The summed E-state index contributed by atoms with van der Waals surface area (Å²) in [6.45, 7) is 6.94. The maximum Gasteiger partial charge on any atom is 0.0631 e. The maximum atomic E-state index is 10.5. The number of fused-ring (bicyclic) bond motifs is 2. The van der Waals surface area contributed by atoms with Crippen molar-refractivity contribution in [1.82, 2.24) is 4.90 Å². The van der Waals surface area contributed by atoms with Gasteiger partial charge in [0.25, 0.3) is 0 Å². The average Bonchev–Trinajstić information content (AvgIpc) is 2.86. The molecule has 1 aliphatic heterocycles. The molecule has 1 N–H and O–H groups in total. The van der Waals surface area contributed by atoms with E-state index in [1.165, 1.54) is 45.1 Å². The van der Waals surface area contributed by atoms with Gasteiger partial charge in [0.1, 0.15) is 0 Å². The number of hydrogen-bond acceptors (Lipinski definition) is 2. The van der Waals surface area contributed by atoms with Gasteiger partial charge < -0.3 is 5.11 Å². The fourth-order valence-electron chi connectivity index (χ4n) is 4.51. The summed E-state index contributed by atoms with van der Waals surface area (Å²) in [5.74, 6) is 1.51. The highest BCUT2D eigenvalue weighted by molar-refractivity contribution is 4.95. The van der Waals surface area contributed by atoms with Crippen LogP contribution in [-0.2, 0) is 0 Å². The summed E-state index contributed by atoms with van der Waals surface area (Å²) in [6.07, 6.45) is 7.95. The van der Waals surface area contributed by atoms with Crippen molar-refractivity contribution in [2.24, 2.45) is 17.3 Å². The third-order valence-corrected chi connectivity index (χ3v) is 5.63. The van der Waals surface area contributed by atoms with E-state index in [0.29, 0.717) is 5.92 Å². The predicted octanol–water partition coefficient (Wildman–Crippen LogP) is 2.66. The maximum absolute atomic E-state index is 10.5. The van der Waals surface area contributed by atoms with Crippen LogP contribution in [0.15, 0.2) is 0 Å². The van der Waals surface area contributed by atoms with Gasteiger partial charge in [0.05, 0.1) is 6.10 Å². The molecule has 0 aromatic rings. The minimum atomic E-state index is -0.0876. The first-order valence-electron chi connectivity index (χ1n) is 7.48. The van der Waals surface area contributed by atoms with Crippen LogP contribution in [-0.4, -0.2) is 35.2 Å². The highest BCUT2D eigenvalue weighted by Crippen LogP contribution is 2.42. The minimum Gasteiger partial charge on any atom is -0.392 e. The highest BCUT2D eigenvalue weighted by Gasteiger charge is 2.42. The lowest BCUT2D eigenvalue weighted by atomic mass is 9.69. The Kier molecular flexibility index (Phi) is 2.99. The Morgan fingerprint density at radius 1 is 1.24 bits per heavy atom. The van der Waals surface area contributed by atoms with Gasteiger partial charge in [-0.05, 0) is 49.4 Å². The number of rotatable bonds is 2. The second kappa shape index (κ2) is 4.24. The molecule has 2 nitrogen and oxygen atoms in total. The van der Waals surface area contributed by atoms with Gasteiger partial charge in [-0.1, -0.05) is 20.3 Å². The molecular formula is C15H27NO. The quantitative estimate of drug-likeness (QED) is 0.798. The van der Waals surface area contributed by atoms with Gasteiger partial charge >= 0.3 is 0 Å². The van der Waals surface area contributed by atoms with E-state index in [-0.39, 0.29) is 11.5 Å². The van der Waals surface area contributed by atoms with Gasteiger partial charge in [0, 0.05) is 19.1 Å². The van der Waals surface area contributed by atoms with Crippen LogP contribution >= 0.6 is 0 Å². The molecule has 17 heavy (non-hydrogen) atoms. The SMILES string of the molecule is CC1(C)CCCC(CN2CC3CCC2C3)C1O. The van der Waals surface area contributed by atoms with Crippen LogP contribution in [0.4, 0.5) is 0 Å². The molecule has 98 valence electrons. The molecule has 4 unspecified atom stereocenters. The van der Waals surface area contributed by atoms with Crippen molar-refractivity contribution >= 4 is 0 Å². The van der Waals surface area contributed by atoms with E-state index in [0.717, 1.165) is 18.5 Å². The van der Waals surface area contributed by atoms with Crippen molar-refractivity contribution in [2.75, 3.05) is 13.1 Å². The second-order valence-corrected chi connectivity index (χ2v) is 7.37. The van der Waals surface area contributed by atoms with Crippen LogP contribution in [0.1, 0.15) is 52.4 Å². The van der Waals surface area contributed by atoms with Crippen molar-refractivity contribution < 1.29 is 5.11 Å². The molecule has 3 rings (SSSR count). The summed E-state index contributed by atoms with van der Waals surface area (Å²) in [5, 5.41) is 10.5. The lowest BCUT2D eigenvalue weighted by Crippen LogP contribution is -2.46. The van der Waals surface area contributed by atoms with E-state index in [2.05, 4.69) is 18.7 Å². The molecule has 0 radical (unpaired) electrons. The van der Waals surface area contributed by atoms with Crippen LogP contribution < -0.4 is 0 Å². The predicted molar refractivity (Wildman–Crippen MR) is 69.8 cm³/mol. The van der Waals surface area contributed by atoms with Gasteiger partial charge in [-0.3, -0.25) is 4.90 Å². The zero-order valence-electron chi connectivity index (χ0n) is 11.4. The minimum absolute atomic E-state index is 0.0876. The Bertz CT molecular complexity index is 289. The van der Waals surface area contributed by atoms with E-state index in [4.69, 9.17) is 0 Å². The third kappa shape index (κ3) is 2.15. The first-order chi connectivity index (χ1) is 8.06. The van der Waals surface area contributed by atoms with Crippen LogP contribution in [0, 0.1) is 17.3 Å². The number of likely N-dealkylation sites (tertiary alicyclic amines) is 1. The van der Waals surface area contributed by atoms with Crippen LogP contribution in [0.25, 0.3) is 0 Å². The van der Waals surface area contributed by atoms with Gasteiger partial charge in [0.2, 0.25) is 0 Å². The molecule has 2 heteroatoms. The summed E-state index contributed by atoms with van der Waals surface area (Å²) in [5.41, 5.74) is 0.141. The first kappa shape index (κ1) is 12.0. The van der Waals surface area contributed by atoms with E-state index in [1.807, 2.05) is 0 Å². The number of aliphatic hydroxyl groups excluding tert-OH is 1. The Labute approximate surface area is 105 Å². The number of aliphatic hydroxyl groups is 1. The third-order valence-electron chi connectivity index (χ3n) is 5.63. The fraction of sp³-hybridized carbons (Fsp3) is 1.00. The molecule has 0 aromatic carbocycles. The van der Waals surface area contributed by atoms with E-state index >= 15 is 0 Å². The highest BCUT2D eigenvalue weighted by atomic mass is 16.3. The monoisotopic (exact) mass is 237 g/mol. The van der Waals surface area contributed by atoms with E-state index in [1.54, 1.807) is 0 Å². The average molecular weight is 237 g/mol. The standard InChI is InChI=1S/C15H27NO/c1-15(2)7-3-4-12(14(15)17)10-16-9-11-5-6-13(16)8-11/h11-14,17H,3-10H2,1-2H3. The van der Waals surface area contributed by atoms with Crippen LogP contribution in [0.5, 0.6) is 0 Å². The largest absolute Gasteiger partial charge is 0.392 e. The number of piperidine rings is 1. The van der Waals surface area contributed by atoms with Gasteiger partial charge in [-0.15, -0.1) is 0 Å².